The lowest BCUT2D eigenvalue weighted by atomic mass is 9.63. The van der Waals surface area contributed by atoms with E-state index in [2.05, 4.69) is 51.3 Å². The van der Waals surface area contributed by atoms with Crippen molar-refractivity contribution < 1.29 is 14.3 Å². The summed E-state index contributed by atoms with van der Waals surface area (Å²) in [7, 11) is 0. The van der Waals surface area contributed by atoms with Gasteiger partial charge in [0.05, 0.1) is 17.3 Å². The molecule has 2 aliphatic rings. The molecule has 0 N–H and O–H groups in total. The molecule has 0 saturated carbocycles. The Kier molecular flexibility index (Phi) is 6.99. The Morgan fingerprint density at radius 1 is 1.09 bits per heavy atom. The van der Waals surface area contributed by atoms with E-state index < -0.39 is 5.97 Å². The van der Waals surface area contributed by atoms with E-state index in [-0.39, 0.29) is 16.7 Å². The number of carbonyl (C=O) groups excluding carboxylic acids is 2. The molecule has 0 unspecified atom stereocenters. The van der Waals surface area contributed by atoms with Gasteiger partial charge in [-0.3, -0.25) is 4.79 Å². The van der Waals surface area contributed by atoms with Crippen molar-refractivity contribution in [2.45, 2.75) is 77.0 Å². The molecular formula is C28H36N2O3S. The summed E-state index contributed by atoms with van der Waals surface area (Å²) < 4.78 is 4.84. The minimum Gasteiger partial charge on any atom is -0.463 e. The number of amides is 1. The summed E-state index contributed by atoms with van der Waals surface area (Å²) in [5, 5.41) is 3.33. The van der Waals surface area contributed by atoms with Crippen LogP contribution in [0.2, 0.25) is 0 Å². The number of nitrogens with zero attached hydrogens (tertiary/aromatic N) is 2. The van der Waals surface area contributed by atoms with E-state index in [1.807, 2.05) is 0 Å². The van der Waals surface area contributed by atoms with Gasteiger partial charge in [0.25, 0.3) is 0 Å². The molecule has 1 fully saturated rings. The third kappa shape index (κ3) is 5.12. The fourth-order valence-corrected chi connectivity index (χ4v) is 6.14. The summed E-state index contributed by atoms with van der Waals surface area (Å²) in [5.41, 5.74) is 5.58. The lowest BCUT2D eigenvalue weighted by molar-refractivity contribution is -0.137. The lowest BCUT2D eigenvalue weighted by Crippen LogP contribution is -2.37. The second kappa shape index (κ2) is 9.65. The Labute approximate surface area is 207 Å². The van der Waals surface area contributed by atoms with E-state index in [9.17, 15) is 9.59 Å². The lowest BCUT2D eigenvalue weighted by Gasteiger charge is -2.42. The van der Waals surface area contributed by atoms with Crippen LogP contribution in [0.3, 0.4) is 0 Å². The maximum absolute atomic E-state index is 12.4. The standard InChI is InChI=1S/C28H36N2O3S/c1-6-33-25(32)10-9-24(31)30-15-11-19(12-16-30)26-29-23(18-34-26)20-7-8-21-22(17-20)28(4,5)14-13-27(21,2)3/h7-10,17-19H,6,11-16H2,1-5H3/b10-9+. The van der Waals surface area contributed by atoms with E-state index in [4.69, 9.17) is 9.72 Å². The summed E-state index contributed by atoms with van der Waals surface area (Å²) in [6.07, 6.45) is 6.72. The Morgan fingerprint density at radius 2 is 1.76 bits per heavy atom. The molecule has 1 aliphatic heterocycles. The minimum atomic E-state index is -0.477. The van der Waals surface area contributed by atoms with E-state index in [1.165, 1.54) is 41.7 Å². The summed E-state index contributed by atoms with van der Waals surface area (Å²) in [6, 6.07) is 6.92. The van der Waals surface area contributed by atoms with E-state index >= 15 is 0 Å². The van der Waals surface area contributed by atoms with Crippen LogP contribution in [0.15, 0.2) is 35.7 Å². The fourth-order valence-electron chi connectivity index (χ4n) is 5.14. The molecule has 0 atom stereocenters. The van der Waals surface area contributed by atoms with Gasteiger partial charge in [-0.15, -0.1) is 11.3 Å². The maximum Gasteiger partial charge on any atom is 0.330 e. The number of hydrogen-bond acceptors (Lipinski definition) is 5. The van der Waals surface area contributed by atoms with Crippen LogP contribution in [0.25, 0.3) is 11.3 Å². The molecule has 1 aromatic heterocycles. The first-order valence-electron chi connectivity index (χ1n) is 12.4. The number of thiazole rings is 1. The first kappa shape index (κ1) is 24.6. The van der Waals surface area contributed by atoms with Gasteiger partial charge in [0.15, 0.2) is 0 Å². The number of fused-ring (bicyclic) bond motifs is 1. The van der Waals surface area contributed by atoms with Crippen LogP contribution in [0, 0.1) is 0 Å². The van der Waals surface area contributed by atoms with Gasteiger partial charge >= 0.3 is 5.97 Å². The third-order valence-corrected chi connectivity index (χ3v) is 8.48. The van der Waals surface area contributed by atoms with Crippen molar-refractivity contribution in [2.24, 2.45) is 0 Å². The highest BCUT2D eigenvalue weighted by Crippen LogP contribution is 2.47. The predicted molar refractivity (Wildman–Crippen MR) is 137 cm³/mol. The number of carbonyl (C=O) groups is 2. The number of ether oxygens (including phenoxy) is 1. The molecule has 34 heavy (non-hydrogen) atoms. The van der Waals surface area contributed by atoms with Crippen molar-refractivity contribution in [1.82, 2.24) is 9.88 Å². The highest BCUT2D eigenvalue weighted by molar-refractivity contribution is 7.10. The molecular weight excluding hydrogens is 444 g/mol. The molecule has 6 heteroatoms. The highest BCUT2D eigenvalue weighted by atomic mass is 32.1. The van der Waals surface area contributed by atoms with Crippen LogP contribution in [-0.4, -0.2) is 41.5 Å². The van der Waals surface area contributed by atoms with Crippen LogP contribution < -0.4 is 0 Å². The smallest absolute Gasteiger partial charge is 0.330 e. The second-order valence-electron chi connectivity index (χ2n) is 10.8. The van der Waals surface area contributed by atoms with Crippen molar-refractivity contribution >= 4 is 23.2 Å². The quantitative estimate of drug-likeness (QED) is 0.390. The van der Waals surface area contributed by atoms with Crippen LogP contribution in [0.5, 0.6) is 0 Å². The molecule has 2 heterocycles. The van der Waals surface area contributed by atoms with Crippen LogP contribution in [0.1, 0.15) is 82.4 Å². The van der Waals surface area contributed by atoms with Gasteiger partial charge < -0.3 is 9.64 Å². The zero-order valence-electron chi connectivity index (χ0n) is 21.0. The third-order valence-electron chi connectivity index (χ3n) is 7.47. The SMILES string of the molecule is CCOC(=O)/C=C/C(=O)N1CCC(c2nc(-c3ccc4c(c3)C(C)(C)CCC4(C)C)cs2)CC1. The Hall–Kier alpha value is -2.47. The van der Waals surface area contributed by atoms with Crippen molar-refractivity contribution in [2.75, 3.05) is 19.7 Å². The Bertz CT molecular complexity index is 1090. The molecule has 1 aliphatic carbocycles. The largest absolute Gasteiger partial charge is 0.463 e. The van der Waals surface area contributed by atoms with E-state index in [1.54, 1.807) is 23.2 Å². The van der Waals surface area contributed by atoms with Crippen LogP contribution >= 0.6 is 11.3 Å². The average Bonchev–Trinajstić information content (AvgIpc) is 3.31. The number of benzene rings is 1. The number of hydrogen-bond donors (Lipinski definition) is 0. The van der Waals surface area contributed by atoms with Crippen molar-refractivity contribution in [3.8, 4) is 11.3 Å². The molecule has 2 aromatic rings. The van der Waals surface area contributed by atoms with Gasteiger partial charge in [-0.2, -0.15) is 0 Å². The first-order chi connectivity index (χ1) is 16.1. The molecule has 0 radical (unpaired) electrons. The molecule has 1 aromatic carbocycles. The number of likely N-dealkylation sites (tertiary alicyclic amines) is 1. The van der Waals surface area contributed by atoms with Crippen LogP contribution in [0.4, 0.5) is 0 Å². The minimum absolute atomic E-state index is 0.133. The molecule has 0 spiro atoms. The topological polar surface area (TPSA) is 59.5 Å². The van der Waals surface area contributed by atoms with Gasteiger partial charge in [-0.25, -0.2) is 9.78 Å². The summed E-state index contributed by atoms with van der Waals surface area (Å²) >= 11 is 1.73. The average molecular weight is 481 g/mol. The number of piperidine rings is 1. The molecule has 182 valence electrons. The van der Waals surface area contributed by atoms with Gasteiger partial charge in [-0.05, 0) is 60.6 Å². The van der Waals surface area contributed by atoms with Crippen LogP contribution in [-0.2, 0) is 25.2 Å². The summed E-state index contributed by atoms with van der Waals surface area (Å²) in [5.74, 6) is -0.244. The predicted octanol–water partition coefficient (Wildman–Crippen LogP) is 5.98. The number of aromatic nitrogens is 1. The van der Waals surface area contributed by atoms with Gasteiger partial charge in [-0.1, -0.05) is 39.8 Å². The summed E-state index contributed by atoms with van der Waals surface area (Å²) in [4.78, 5) is 30.6. The number of esters is 1. The fraction of sp³-hybridized carbons (Fsp3) is 0.536. The molecule has 5 nitrogen and oxygen atoms in total. The summed E-state index contributed by atoms with van der Waals surface area (Å²) in [6.45, 7) is 12.8. The van der Waals surface area contributed by atoms with Crippen molar-refractivity contribution in [3.63, 3.8) is 0 Å². The van der Waals surface area contributed by atoms with Crippen molar-refractivity contribution in [1.29, 1.82) is 0 Å². The highest BCUT2D eigenvalue weighted by Gasteiger charge is 2.37. The first-order valence-corrected chi connectivity index (χ1v) is 13.2. The molecule has 4 rings (SSSR count). The zero-order chi connectivity index (χ0) is 24.5. The van der Waals surface area contributed by atoms with E-state index in [0.29, 0.717) is 25.6 Å². The Balaban J connectivity index is 1.43. The molecule has 1 amide bonds. The van der Waals surface area contributed by atoms with Gasteiger partial charge in [0.2, 0.25) is 5.91 Å². The van der Waals surface area contributed by atoms with Gasteiger partial charge in [0, 0.05) is 42.1 Å². The van der Waals surface area contributed by atoms with E-state index in [0.717, 1.165) is 23.5 Å². The monoisotopic (exact) mass is 480 g/mol. The number of rotatable bonds is 5. The normalized spacial score (nSPS) is 19.7. The van der Waals surface area contributed by atoms with Crippen molar-refractivity contribution in [3.05, 3.63) is 51.9 Å². The zero-order valence-corrected chi connectivity index (χ0v) is 21.8. The molecule has 1 saturated heterocycles. The Morgan fingerprint density at radius 3 is 2.44 bits per heavy atom. The van der Waals surface area contributed by atoms with Gasteiger partial charge in [0.1, 0.15) is 0 Å². The second-order valence-corrected chi connectivity index (χ2v) is 11.7. The molecule has 0 bridgehead atoms. The maximum atomic E-state index is 12.4.